The number of nitrogens with one attached hydrogen (secondary N) is 2. The van der Waals surface area contributed by atoms with Gasteiger partial charge >= 0.3 is 12.0 Å². The number of hydrogen-bond donors (Lipinski definition) is 2. The third-order valence-corrected chi connectivity index (χ3v) is 3.78. The molecule has 28 heavy (non-hydrogen) atoms. The summed E-state index contributed by atoms with van der Waals surface area (Å²) in [5.74, 6) is -0.606. The van der Waals surface area contributed by atoms with Crippen molar-refractivity contribution in [2.45, 2.75) is 32.6 Å². The second-order valence-corrected chi connectivity index (χ2v) is 6.10. The maximum atomic E-state index is 12.3. The number of rotatable bonds is 8. The van der Waals surface area contributed by atoms with E-state index in [0.717, 1.165) is 12.8 Å². The van der Waals surface area contributed by atoms with E-state index >= 15 is 0 Å². The minimum Gasteiger partial charge on any atom is -0.490 e. The summed E-state index contributed by atoms with van der Waals surface area (Å²) in [6.07, 6.45) is 1.24. The molecule has 9 nitrogen and oxygen atoms in total. The lowest BCUT2D eigenvalue weighted by Crippen LogP contribution is -2.41. The van der Waals surface area contributed by atoms with Gasteiger partial charge in [0.05, 0.1) is 19.6 Å². The quantitative estimate of drug-likeness (QED) is 0.509. The van der Waals surface area contributed by atoms with Gasteiger partial charge in [-0.3, -0.25) is 19.7 Å². The first-order valence-electron chi connectivity index (χ1n) is 9.15. The molecule has 0 fully saturated rings. The van der Waals surface area contributed by atoms with Crippen molar-refractivity contribution in [2.24, 2.45) is 0 Å². The zero-order valence-electron chi connectivity index (χ0n) is 15.7. The van der Waals surface area contributed by atoms with Gasteiger partial charge in [0.15, 0.2) is 23.9 Å². The van der Waals surface area contributed by atoms with Gasteiger partial charge in [-0.25, -0.2) is 4.79 Å². The van der Waals surface area contributed by atoms with Gasteiger partial charge < -0.3 is 19.5 Å². The van der Waals surface area contributed by atoms with Crippen molar-refractivity contribution in [3.8, 4) is 11.5 Å². The Morgan fingerprint density at radius 3 is 2.57 bits per heavy atom. The summed E-state index contributed by atoms with van der Waals surface area (Å²) >= 11 is 0. The minimum absolute atomic E-state index is 0.0723. The van der Waals surface area contributed by atoms with Gasteiger partial charge in [-0.05, 0) is 24.6 Å². The van der Waals surface area contributed by atoms with E-state index in [4.69, 9.17) is 14.2 Å². The number of hydrogen-bond acceptors (Lipinski definition) is 7. The minimum atomic E-state index is -0.740. The highest BCUT2D eigenvalue weighted by atomic mass is 16.5. The molecule has 1 aromatic rings. The van der Waals surface area contributed by atoms with Crippen LogP contribution in [0.25, 0.3) is 0 Å². The molecule has 2 rings (SSSR count). The number of benzene rings is 1. The molecule has 0 saturated heterocycles. The molecule has 1 aromatic carbocycles. The van der Waals surface area contributed by atoms with Gasteiger partial charge in [0.2, 0.25) is 0 Å². The Balaban J connectivity index is 1.73. The highest BCUT2D eigenvalue weighted by Gasteiger charge is 2.16. The summed E-state index contributed by atoms with van der Waals surface area (Å²) < 4.78 is 15.8. The van der Waals surface area contributed by atoms with E-state index in [0.29, 0.717) is 36.8 Å². The van der Waals surface area contributed by atoms with Crippen LogP contribution in [0.1, 0.15) is 43.0 Å². The Bertz CT molecular complexity index is 733. The van der Waals surface area contributed by atoms with Crippen LogP contribution in [-0.4, -0.2) is 50.1 Å². The number of ketones is 1. The van der Waals surface area contributed by atoms with Crippen molar-refractivity contribution in [3.63, 3.8) is 0 Å². The lowest BCUT2D eigenvalue weighted by atomic mass is 10.1. The summed E-state index contributed by atoms with van der Waals surface area (Å²) in [6, 6.07) is 4.23. The zero-order chi connectivity index (χ0) is 20.4. The van der Waals surface area contributed by atoms with E-state index in [1.54, 1.807) is 18.2 Å². The van der Waals surface area contributed by atoms with Crippen LogP contribution in [0.5, 0.6) is 11.5 Å². The average molecular weight is 392 g/mol. The molecule has 0 aromatic heterocycles. The van der Waals surface area contributed by atoms with Gasteiger partial charge in [0, 0.05) is 24.9 Å². The molecular formula is C19H24N2O7. The second kappa shape index (κ2) is 10.9. The number of Topliss-reactive ketones (excluding diaryl/α,β-unsaturated/α-hetero) is 1. The number of imide groups is 1. The van der Waals surface area contributed by atoms with E-state index in [1.807, 2.05) is 12.2 Å². The normalized spacial score (nSPS) is 12.5. The van der Waals surface area contributed by atoms with Gasteiger partial charge in [-0.15, -0.1) is 0 Å². The first kappa shape index (κ1) is 21.2. The molecule has 9 heteroatoms. The summed E-state index contributed by atoms with van der Waals surface area (Å²) in [6.45, 7) is 2.78. The highest BCUT2D eigenvalue weighted by molar-refractivity contribution is 5.98. The largest absolute Gasteiger partial charge is 0.490 e. The molecule has 1 heterocycles. The molecule has 1 aliphatic rings. The lowest BCUT2D eigenvalue weighted by molar-refractivity contribution is -0.148. The van der Waals surface area contributed by atoms with Crippen molar-refractivity contribution in [1.82, 2.24) is 10.6 Å². The monoisotopic (exact) mass is 392 g/mol. The second-order valence-electron chi connectivity index (χ2n) is 6.10. The van der Waals surface area contributed by atoms with Crippen molar-refractivity contribution in [3.05, 3.63) is 23.8 Å². The number of carbonyl (C=O) groups is 4. The van der Waals surface area contributed by atoms with Gasteiger partial charge in [-0.1, -0.05) is 6.92 Å². The van der Waals surface area contributed by atoms with Crippen LogP contribution >= 0.6 is 0 Å². The van der Waals surface area contributed by atoms with Crippen molar-refractivity contribution in [1.29, 1.82) is 0 Å². The summed E-state index contributed by atoms with van der Waals surface area (Å²) in [5, 5.41) is 4.50. The van der Waals surface area contributed by atoms with Crippen molar-refractivity contribution < 1.29 is 33.4 Å². The zero-order valence-corrected chi connectivity index (χ0v) is 15.7. The summed E-state index contributed by atoms with van der Waals surface area (Å²) in [4.78, 5) is 46.8. The topological polar surface area (TPSA) is 120 Å². The molecule has 0 aliphatic carbocycles. The predicted octanol–water partition coefficient (Wildman–Crippen LogP) is 1.59. The first-order chi connectivity index (χ1) is 13.5. The van der Waals surface area contributed by atoms with Gasteiger partial charge in [0.25, 0.3) is 5.91 Å². The van der Waals surface area contributed by atoms with Crippen molar-refractivity contribution in [2.75, 3.05) is 26.4 Å². The molecule has 0 atom stereocenters. The fourth-order valence-corrected chi connectivity index (χ4v) is 2.36. The average Bonchev–Trinajstić information content (AvgIpc) is 2.93. The number of carbonyl (C=O) groups excluding carboxylic acids is 4. The van der Waals surface area contributed by atoms with Crippen LogP contribution in [-0.2, 0) is 14.3 Å². The smallest absolute Gasteiger partial charge is 0.321 e. The van der Waals surface area contributed by atoms with Crippen LogP contribution < -0.4 is 20.1 Å². The van der Waals surface area contributed by atoms with Crippen LogP contribution in [0.4, 0.5) is 4.79 Å². The third-order valence-electron chi connectivity index (χ3n) is 3.78. The fraction of sp³-hybridized carbons (Fsp3) is 0.474. The van der Waals surface area contributed by atoms with E-state index in [2.05, 4.69) is 5.32 Å². The van der Waals surface area contributed by atoms with E-state index in [1.165, 1.54) is 0 Å². The molecule has 0 radical (unpaired) electrons. The molecular weight excluding hydrogens is 368 g/mol. The Morgan fingerprint density at radius 1 is 1.07 bits per heavy atom. The first-order valence-corrected chi connectivity index (χ1v) is 9.15. The van der Waals surface area contributed by atoms with Gasteiger partial charge in [0.1, 0.15) is 0 Å². The Labute approximate surface area is 162 Å². The van der Waals surface area contributed by atoms with Crippen LogP contribution in [0.3, 0.4) is 0 Å². The SMILES string of the molecule is CCCNC(=O)NC(=O)COC(=O)CCC(=O)c1ccc2c(c1)OCCCO2. The highest BCUT2D eigenvalue weighted by Crippen LogP contribution is 2.30. The van der Waals surface area contributed by atoms with Gasteiger partial charge in [-0.2, -0.15) is 0 Å². The molecule has 1 aliphatic heterocycles. The summed E-state index contributed by atoms with van der Waals surface area (Å²) in [5.41, 5.74) is 0.405. The Morgan fingerprint density at radius 2 is 1.82 bits per heavy atom. The summed E-state index contributed by atoms with van der Waals surface area (Å²) in [7, 11) is 0. The van der Waals surface area contributed by atoms with E-state index in [9.17, 15) is 19.2 Å². The molecule has 0 saturated carbocycles. The third kappa shape index (κ3) is 6.90. The molecule has 152 valence electrons. The lowest BCUT2D eigenvalue weighted by Gasteiger charge is -2.09. The molecule has 0 unspecified atom stereocenters. The van der Waals surface area contributed by atoms with Crippen LogP contribution in [0.15, 0.2) is 18.2 Å². The standard InChI is InChI=1S/C19H24N2O7/c1-2-8-20-19(25)21-17(23)12-28-18(24)7-5-14(22)13-4-6-15-16(11-13)27-10-3-9-26-15/h4,6,11H,2-3,5,7-10,12H2,1H3,(H2,20,21,23,25). The number of ether oxygens (including phenoxy) is 3. The number of urea groups is 1. The maximum absolute atomic E-state index is 12.3. The fourth-order valence-electron chi connectivity index (χ4n) is 2.36. The van der Waals surface area contributed by atoms with Crippen LogP contribution in [0, 0.1) is 0 Å². The Kier molecular flexibility index (Phi) is 8.26. The number of amides is 3. The van der Waals surface area contributed by atoms with Crippen molar-refractivity contribution >= 4 is 23.7 Å². The molecule has 3 amide bonds. The Hall–Kier alpha value is -3.10. The van der Waals surface area contributed by atoms with E-state index < -0.39 is 24.5 Å². The van der Waals surface area contributed by atoms with E-state index in [-0.39, 0.29) is 18.6 Å². The molecule has 2 N–H and O–H groups in total. The number of esters is 1. The van der Waals surface area contributed by atoms with Crippen LogP contribution in [0.2, 0.25) is 0 Å². The predicted molar refractivity (Wildman–Crippen MR) is 98.4 cm³/mol. The number of fused-ring (bicyclic) bond motifs is 1. The molecule has 0 spiro atoms. The maximum Gasteiger partial charge on any atom is 0.321 e. The molecule has 0 bridgehead atoms.